The molecule has 24 heavy (non-hydrogen) atoms. The number of urea groups is 1. The van der Waals surface area contributed by atoms with E-state index in [-0.39, 0.29) is 17.9 Å². The van der Waals surface area contributed by atoms with E-state index in [1.807, 2.05) is 18.2 Å². The number of hydrogen-bond acceptors (Lipinski definition) is 5. The summed E-state index contributed by atoms with van der Waals surface area (Å²) in [6.07, 6.45) is -1.13. The number of aromatic hydroxyl groups is 1. The van der Waals surface area contributed by atoms with Crippen LogP contribution in [-0.4, -0.2) is 47.1 Å². The van der Waals surface area contributed by atoms with E-state index in [2.05, 4.69) is 5.32 Å². The van der Waals surface area contributed by atoms with Gasteiger partial charge in [-0.1, -0.05) is 24.3 Å². The average molecular weight is 328 g/mol. The van der Waals surface area contributed by atoms with Gasteiger partial charge in [0.15, 0.2) is 6.10 Å². The third-order valence-corrected chi connectivity index (χ3v) is 3.84. The van der Waals surface area contributed by atoms with Crippen molar-refractivity contribution >= 4 is 28.7 Å². The molecule has 3 rings (SSSR count). The smallest absolute Gasteiger partial charge is 0.342 e. The lowest BCUT2D eigenvalue weighted by atomic mass is 10.1. The molecule has 2 aromatic rings. The van der Waals surface area contributed by atoms with E-state index in [1.165, 1.54) is 19.1 Å². The van der Waals surface area contributed by atoms with Crippen molar-refractivity contribution in [2.24, 2.45) is 0 Å². The zero-order chi connectivity index (χ0) is 17.3. The highest BCUT2D eigenvalue weighted by Gasteiger charge is 2.32. The fraction of sp³-hybridized carbons (Fsp3) is 0.235. The second-order valence-corrected chi connectivity index (χ2v) is 5.49. The number of phenols is 1. The topological polar surface area (TPSA) is 95.9 Å². The normalized spacial score (nSPS) is 15.2. The summed E-state index contributed by atoms with van der Waals surface area (Å²) in [5.74, 6) is -1.64. The van der Waals surface area contributed by atoms with Crippen LogP contribution in [0, 0.1) is 0 Å². The number of hydrogen-bond donors (Lipinski definition) is 2. The predicted molar refractivity (Wildman–Crippen MR) is 85.6 cm³/mol. The molecule has 7 nitrogen and oxygen atoms in total. The quantitative estimate of drug-likeness (QED) is 0.835. The molecule has 1 fully saturated rings. The summed E-state index contributed by atoms with van der Waals surface area (Å²) in [6, 6.07) is 9.71. The molecule has 7 heteroatoms. The van der Waals surface area contributed by atoms with Crippen molar-refractivity contribution in [2.45, 2.75) is 13.0 Å². The van der Waals surface area contributed by atoms with E-state index in [4.69, 9.17) is 4.74 Å². The third kappa shape index (κ3) is 2.88. The Labute approximate surface area is 137 Å². The second kappa shape index (κ2) is 6.19. The van der Waals surface area contributed by atoms with Crippen molar-refractivity contribution in [3.05, 3.63) is 42.0 Å². The summed E-state index contributed by atoms with van der Waals surface area (Å²) >= 11 is 0. The highest BCUT2D eigenvalue weighted by Crippen LogP contribution is 2.26. The van der Waals surface area contributed by atoms with Crippen LogP contribution in [0.1, 0.15) is 17.3 Å². The summed E-state index contributed by atoms with van der Waals surface area (Å²) in [6.45, 7) is 2.00. The minimum atomic E-state index is -1.13. The van der Waals surface area contributed by atoms with Gasteiger partial charge < -0.3 is 15.2 Å². The molecule has 3 amide bonds. The van der Waals surface area contributed by atoms with E-state index < -0.39 is 24.0 Å². The number of ether oxygens (including phenoxy) is 1. The molecule has 2 N–H and O–H groups in total. The van der Waals surface area contributed by atoms with Gasteiger partial charge >= 0.3 is 12.0 Å². The molecule has 1 aliphatic rings. The first-order chi connectivity index (χ1) is 11.5. The highest BCUT2D eigenvalue weighted by atomic mass is 16.5. The first-order valence-electron chi connectivity index (χ1n) is 7.49. The largest absolute Gasteiger partial charge is 0.507 e. The Morgan fingerprint density at radius 3 is 2.54 bits per heavy atom. The summed E-state index contributed by atoms with van der Waals surface area (Å²) in [4.78, 5) is 36.9. The van der Waals surface area contributed by atoms with Crippen LogP contribution in [-0.2, 0) is 9.53 Å². The van der Waals surface area contributed by atoms with E-state index in [0.717, 1.165) is 15.7 Å². The maximum atomic E-state index is 12.3. The van der Waals surface area contributed by atoms with Crippen LogP contribution in [0.25, 0.3) is 10.8 Å². The van der Waals surface area contributed by atoms with Gasteiger partial charge in [-0.15, -0.1) is 0 Å². The van der Waals surface area contributed by atoms with Crippen molar-refractivity contribution in [3.8, 4) is 5.75 Å². The van der Waals surface area contributed by atoms with Crippen molar-refractivity contribution in [1.82, 2.24) is 10.2 Å². The number of amides is 3. The summed E-state index contributed by atoms with van der Waals surface area (Å²) in [5.41, 5.74) is -0.0285. The fourth-order valence-electron chi connectivity index (χ4n) is 2.57. The Morgan fingerprint density at radius 2 is 1.92 bits per heavy atom. The Balaban J connectivity index is 1.78. The van der Waals surface area contributed by atoms with Crippen LogP contribution < -0.4 is 5.32 Å². The van der Waals surface area contributed by atoms with Crippen LogP contribution in [0.4, 0.5) is 4.79 Å². The second-order valence-electron chi connectivity index (χ2n) is 5.49. The van der Waals surface area contributed by atoms with Crippen molar-refractivity contribution < 1.29 is 24.2 Å². The Hall–Kier alpha value is -3.09. The van der Waals surface area contributed by atoms with E-state index in [0.29, 0.717) is 6.54 Å². The molecule has 0 saturated carbocycles. The number of fused-ring (bicyclic) bond motifs is 1. The predicted octanol–water partition coefficient (Wildman–Crippen LogP) is 1.64. The van der Waals surface area contributed by atoms with Gasteiger partial charge in [-0.2, -0.15) is 0 Å². The van der Waals surface area contributed by atoms with Gasteiger partial charge in [-0.25, -0.2) is 9.59 Å². The molecule has 1 saturated heterocycles. The maximum Gasteiger partial charge on any atom is 0.342 e. The zero-order valence-electron chi connectivity index (χ0n) is 13.0. The van der Waals surface area contributed by atoms with Gasteiger partial charge in [0.1, 0.15) is 11.3 Å². The van der Waals surface area contributed by atoms with Gasteiger partial charge in [-0.3, -0.25) is 9.69 Å². The van der Waals surface area contributed by atoms with Crippen LogP contribution in [0.2, 0.25) is 0 Å². The Morgan fingerprint density at radius 1 is 1.25 bits per heavy atom. The van der Waals surface area contributed by atoms with Crippen molar-refractivity contribution in [2.75, 3.05) is 13.1 Å². The molecule has 1 heterocycles. The highest BCUT2D eigenvalue weighted by molar-refractivity contribution is 6.01. The van der Waals surface area contributed by atoms with Crippen LogP contribution in [0.5, 0.6) is 5.75 Å². The number of carbonyl (C=O) groups excluding carboxylic acids is 3. The molecule has 0 spiro atoms. The summed E-state index contributed by atoms with van der Waals surface area (Å²) in [5, 5.41) is 14.1. The number of rotatable bonds is 3. The SMILES string of the molecule is C[C@H](OC(=O)c1cc2ccccc2cc1O)C(=O)N1CCNC1=O. The van der Waals surface area contributed by atoms with Crippen LogP contribution in [0.3, 0.4) is 0 Å². The number of nitrogens with one attached hydrogen (secondary N) is 1. The number of nitrogens with zero attached hydrogens (tertiary/aromatic N) is 1. The minimum Gasteiger partial charge on any atom is -0.507 e. The molecule has 124 valence electrons. The molecule has 2 aromatic carbocycles. The number of phenolic OH excluding ortho intramolecular Hbond substituents is 1. The molecule has 0 aliphatic carbocycles. The molecule has 1 atom stereocenters. The maximum absolute atomic E-state index is 12.3. The number of esters is 1. The number of imide groups is 1. The average Bonchev–Trinajstić information content (AvgIpc) is 2.99. The van der Waals surface area contributed by atoms with Gasteiger partial charge in [0, 0.05) is 13.1 Å². The number of benzene rings is 2. The van der Waals surface area contributed by atoms with Gasteiger partial charge in [0.2, 0.25) is 0 Å². The zero-order valence-corrected chi connectivity index (χ0v) is 13.0. The monoisotopic (exact) mass is 328 g/mol. The molecule has 0 bridgehead atoms. The van der Waals surface area contributed by atoms with E-state index in [1.54, 1.807) is 6.07 Å². The standard InChI is InChI=1S/C17H16N2O5/c1-10(15(21)19-7-6-18-17(19)23)24-16(22)13-8-11-4-2-3-5-12(11)9-14(13)20/h2-5,8-10,20H,6-7H2,1H3,(H,18,23)/t10-/m0/s1. The van der Waals surface area contributed by atoms with Crippen LogP contribution in [0.15, 0.2) is 36.4 Å². The van der Waals surface area contributed by atoms with Crippen molar-refractivity contribution in [1.29, 1.82) is 0 Å². The number of carbonyl (C=O) groups is 3. The molecule has 1 aliphatic heterocycles. The molecular formula is C17H16N2O5. The van der Waals surface area contributed by atoms with Crippen molar-refractivity contribution in [3.63, 3.8) is 0 Å². The first kappa shape index (κ1) is 15.8. The molecule has 0 unspecified atom stereocenters. The van der Waals surface area contributed by atoms with Crippen LogP contribution >= 0.6 is 0 Å². The lowest BCUT2D eigenvalue weighted by Gasteiger charge is -2.18. The lowest BCUT2D eigenvalue weighted by molar-refractivity contribution is -0.136. The fourth-order valence-corrected chi connectivity index (χ4v) is 2.57. The lowest BCUT2D eigenvalue weighted by Crippen LogP contribution is -2.41. The molecular weight excluding hydrogens is 312 g/mol. The molecule has 0 aromatic heterocycles. The minimum absolute atomic E-state index is 0.0285. The Bertz CT molecular complexity index is 833. The van der Waals surface area contributed by atoms with E-state index in [9.17, 15) is 19.5 Å². The summed E-state index contributed by atoms with van der Waals surface area (Å²) < 4.78 is 5.12. The first-order valence-corrected chi connectivity index (χ1v) is 7.49. The van der Waals surface area contributed by atoms with Gasteiger partial charge in [-0.05, 0) is 29.8 Å². The third-order valence-electron chi connectivity index (χ3n) is 3.84. The van der Waals surface area contributed by atoms with Gasteiger partial charge in [0.25, 0.3) is 5.91 Å². The Kier molecular flexibility index (Phi) is 4.07. The van der Waals surface area contributed by atoms with E-state index >= 15 is 0 Å². The van der Waals surface area contributed by atoms with Gasteiger partial charge in [0.05, 0.1) is 0 Å². The summed E-state index contributed by atoms with van der Waals surface area (Å²) in [7, 11) is 0. The molecule has 0 radical (unpaired) electrons.